The molecule has 3 N–H and O–H groups in total. The molecule has 5 heteroatoms. The number of H-pyrrole nitrogens is 1. The number of hydrogen-bond acceptors (Lipinski definition) is 4. The first kappa shape index (κ1) is 17.2. The van der Waals surface area contributed by atoms with E-state index in [-0.39, 0.29) is 5.92 Å². The van der Waals surface area contributed by atoms with Gasteiger partial charge in [-0.15, -0.1) is 0 Å². The number of hydrogen-bond donors (Lipinski definition) is 2. The van der Waals surface area contributed by atoms with E-state index in [1.54, 1.807) is 21.3 Å². The summed E-state index contributed by atoms with van der Waals surface area (Å²) in [5.41, 5.74) is 9.54. The third-order valence-corrected chi connectivity index (χ3v) is 4.58. The van der Waals surface area contributed by atoms with Gasteiger partial charge in [-0.3, -0.25) is 0 Å². The molecular weight excluding hydrogens is 316 g/mol. The molecule has 0 amide bonds. The van der Waals surface area contributed by atoms with Crippen LogP contribution in [0.1, 0.15) is 17.0 Å². The van der Waals surface area contributed by atoms with Crippen molar-refractivity contribution in [2.45, 2.75) is 12.3 Å². The molecule has 2 aromatic carbocycles. The highest BCUT2D eigenvalue weighted by molar-refractivity contribution is 5.85. The van der Waals surface area contributed by atoms with Crippen LogP contribution in [0, 0.1) is 0 Å². The van der Waals surface area contributed by atoms with Gasteiger partial charge in [-0.05, 0) is 54.4 Å². The number of aromatic nitrogens is 1. The van der Waals surface area contributed by atoms with E-state index >= 15 is 0 Å². The number of fused-ring (bicyclic) bond motifs is 1. The zero-order chi connectivity index (χ0) is 17.8. The Labute approximate surface area is 147 Å². The van der Waals surface area contributed by atoms with Crippen molar-refractivity contribution in [3.05, 3.63) is 53.7 Å². The van der Waals surface area contributed by atoms with Gasteiger partial charge in [-0.2, -0.15) is 0 Å². The molecule has 3 aromatic rings. The van der Waals surface area contributed by atoms with Crippen LogP contribution in [0.5, 0.6) is 17.2 Å². The van der Waals surface area contributed by atoms with Crippen LogP contribution >= 0.6 is 0 Å². The van der Waals surface area contributed by atoms with E-state index in [1.165, 1.54) is 5.56 Å². The Morgan fingerprint density at radius 3 is 2.44 bits per heavy atom. The molecule has 0 fully saturated rings. The molecule has 0 bridgehead atoms. The van der Waals surface area contributed by atoms with Crippen molar-refractivity contribution in [1.82, 2.24) is 4.98 Å². The van der Waals surface area contributed by atoms with Gasteiger partial charge in [-0.1, -0.05) is 6.07 Å². The minimum Gasteiger partial charge on any atom is -0.497 e. The van der Waals surface area contributed by atoms with Gasteiger partial charge in [0.25, 0.3) is 0 Å². The largest absolute Gasteiger partial charge is 0.497 e. The summed E-state index contributed by atoms with van der Waals surface area (Å²) in [5, 5.41) is 1.15. The number of benzene rings is 2. The SMILES string of the molecule is COc1ccc2[nH]cc(C(CN)Cc3ccc(OC)c(OC)c3)c2c1. The van der Waals surface area contributed by atoms with Crippen LogP contribution in [0.4, 0.5) is 0 Å². The number of rotatable bonds is 7. The monoisotopic (exact) mass is 340 g/mol. The van der Waals surface area contributed by atoms with Crippen LogP contribution in [-0.2, 0) is 6.42 Å². The number of ether oxygens (including phenoxy) is 3. The van der Waals surface area contributed by atoms with Crippen LogP contribution in [0.2, 0.25) is 0 Å². The summed E-state index contributed by atoms with van der Waals surface area (Å²) in [5.74, 6) is 2.50. The number of aromatic amines is 1. The normalized spacial score (nSPS) is 12.2. The predicted molar refractivity (Wildman–Crippen MR) is 99.9 cm³/mol. The van der Waals surface area contributed by atoms with Crippen LogP contribution in [-0.4, -0.2) is 32.9 Å². The van der Waals surface area contributed by atoms with E-state index < -0.39 is 0 Å². The Morgan fingerprint density at radius 1 is 0.960 bits per heavy atom. The van der Waals surface area contributed by atoms with Gasteiger partial charge in [0, 0.05) is 23.0 Å². The topological polar surface area (TPSA) is 69.5 Å². The van der Waals surface area contributed by atoms with Crippen LogP contribution in [0.3, 0.4) is 0 Å². The molecule has 0 radical (unpaired) electrons. The van der Waals surface area contributed by atoms with Crippen molar-refractivity contribution in [3.63, 3.8) is 0 Å². The van der Waals surface area contributed by atoms with Crippen LogP contribution < -0.4 is 19.9 Å². The Hall–Kier alpha value is -2.66. The van der Waals surface area contributed by atoms with E-state index in [0.717, 1.165) is 40.1 Å². The third-order valence-electron chi connectivity index (χ3n) is 4.58. The second-order valence-corrected chi connectivity index (χ2v) is 5.98. The second kappa shape index (κ2) is 7.49. The van der Waals surface area contributed by atoms with Crippen molar-refractivity contribution in [2.24, 2.45) is 5.73 Å². The molecule has 5 nitrogen and oxygen atoms in total. The highest BCUT2D eigenvalue weighted by Gasteiger charge is 2.17. The Kier molecular flexibility index (Phi) is 5.14. The molecule has 1 heterocycles. The minimum atomic E-state index is 0.193. The molecule has 0 aliphatic rings. The molecule has 0 aliphatic heterocycles. The van der Waals surface area contributed by atoms with E-state index in [1.807, 2.05) is 30.5 Å². The number of nitrogens with one attached hydrogen (secondary N) is 1. The minimum absolute atomic E-state index is 0.193. The van der Waals surface area contributed by atoms with E-state index in [0.29, 0.717) is 6.54 Å². The van der Waals surface area contributed by atoms with Crippen LogP contribution in [0.25, 0.3) is 10.9 Å². The summed E-state index contributed by atoms with van der Waals surface area (Å²) in [6.45, 7) is 0.554. The molecule has 3 rings (SSSR count). The second-order valence-electron chi connectivity index (χ2n) is 5.98. The average molecular weight is 340 g/mol. The smallest absolute Gasteiger partial charge is 0.160 e. The fourth-order valence-corrected chi connectivity index (χ4v) is 3.20. The molecule has 0 spiro atoms. The molecule has 0 saturated heterocycles. The first-order valence-electron chi connectivity index (χ1n) is 8.26. The predicted octanol–water partition coefficient (Wildman–Crippen LogP) is 3.48. The van der Waals surface area contributed by atoms with Crippen molar-refractivity contribution in [2.75, 3.05) is 27.9 Å². The molecule has 25 heavy (non-hydrogen) atoms. The Bertz CT molecular complexity index is 857. The first-order valence-corrected chi connectivity index (χ1v) is 8.26. The van der Waals surface area contributed by atoms with Gasteiger partial charge in [0.15, 0.2) is 11.5 Å². The van der Waals surface area contributed by atoms with Gasteiger partial charge in [0.1, 0.15) is 5.75 Å². The molecule has 0 aliphatic carbocycles. The molecule has 1 unspecified atom stereocenters. The quantitative estimate of drug-likeness (QED) is 0.691. The fourth-order valence-electron chi connectivity index (χ4n) is 3.20. The molecule has 1 atom stereocenters. The summed E-state index contributed by atoms with van der Waals surface area (Å²) in [4.78, 5) is 3.33. The van der Waals surface area contributed by atoms with Crippen molar-refractivity contribution >= 4 is 10.9 Å². The Morgan fingerprint density at radius 2 is 1.76 bits per heavy atom. The lowest BCUT2D eigenvalue weighted by molar-refractivity contribution is 0.354. The molecule has 132 valence electrons. The highest BCUT2D eigenvalue weighted by atomic mass is 16.5. The zero-order valence-corrected chi connectivity index (χ0v) is 14.8. The maximum Gasteiger partial charge on any atom is 0.160 e. The Balaban J connectivity index is 1.93. The van der Waals surface area contributed by atoms with Crippen molar-refractivity contribution in [3.8, 4) is 17.2 Å². The van der Waals surface area contributed by atoms with Gasteiger partial charge in [0.2, 0.25) is 0 Å². The number of methoxy groups -OCH3 is 3. The zero-order valence-electron chi connectivity index (χ0n) is 14.8. The maximum absolute atomic E-state index is 6.10. The lowest BCUT2D eigenvalue weighted by atomic mass is 9.91. The average Bonchev–Trinajstić information content (AvgIpc) is 3.08. The first-order chi connectivity index (χ1) is 12.2. The highest BCUT2D eigenvalue weighted by Crippen LogP contribution is 2.33. The summed E-state index contributed by atoms with van der Waals surface area (Å²) < 4.78 is 16.1. The fraction of sp³-hybridized carbons (Fsp3) is 0.300. The number of nitrogens with two attached hydrogens (primary N) is 1. The maximum atomic E-state index is 6.10. The van der Waals surface area contributed by atoms with Gasteiger partial charge in [-0.25, -0.2) is 0 Å². The van der Waals surface area contributed by atoms with E-state index in [9.17, 15) is 0 Å². The van der Waals surface area contributed by atoms with E-state index in [2.05, 4.69) is 17.1 Å². The van der Waals surface area contributed by atoms with Crippen molar-refractivity contribution < 1.29 is 14.2 Å². The lowest BCUT2D eigenvalue weighted by Crippen LogP contribution is -2.15. The summed E-state index contributed by atoms with van der Waals surface area (Å²) in [6.07, 6.45) is 2.86. The van der Waals surface area contributed by atoms with Gasteiger partial charge >= 0.3 is 0 Å². The van der Waals surface area contributed by atoms with E-state index in [4.69, 9.17) is 19.9 Å². The molecule has 0 saturated carbocycles. The summed E-state index contributed by atoms with van der Waals surface area (Å²) in [6, 6.07) is 12.0. The van der Waals surface area contributed by atoms with Crippen LogP contribution in [0.15, 0.2) is 42.6 Å². The molecule has 1 aromatic heterocycles. The lowest BCUT2D eigenvalue weighted by Gasteiger charge is -2.16. The summed E-state index contributed by atoms with van der Waals surface area (Å²) in [7, 11) is 4.96. The standard InChI is InChI=1S/C20H24N2O3/c1-23-15-5-6-18-16(10-15)17(12-22-18)14(11-21)8-13-4-7-19(24-2)20(9-13)25-3/h4-7,9-10,12,14,22H,8,11,21H2,1-3H3. The van der Waals surface area contributed by atoms with Gasteiger partial charge in [0.05, 0.1) is 21.3 Å². The summed E-state index contributed by atoms with van der Waals surface area (Å²) >= 11 is 0. The third kappa shape index (κ3) is 3.42. The van der Waals surface area contributed by atoms with Gasteiger partial charge < -0.3 is 24.9 Å². The molecular formula is C20H24N2O3. The van der Waals surface area contributed by atoms with Crippen molar-refractivity contribution in [1.29, 1.82) is 0 Å².